The van der Waals surface area contributed by atoms with Gasteiger partial charge in [-0.1, -0.05) is 40.5 Å². The Morgan fingerprint density at radius 2 is 1.54 bits per heavy atom. The van der Waals surface area contributed by atoms with Gasteiger partial charge in [0.05, 0.1) is 0 Å². The van der Waals surface area contributed by atoms with Crippen molar-refractivity contribution in [3.8, 4) is 0 Å². The molecule has 0 aliphatic heterocycles. The first kappa shape index (κ1) is 11.1. The van der Waals surface area contributed by atoms with Crippen LogP contribution >= 0.6 is 0 Å². The molecular weight excluding hydrogens is 156 g/mol. The standard InChI is InChI=1S/C13H26/c1-5-13(6-2)9-7-12(8-10-13)11(3)4/h11-12H,5-10H2,1-4H3. The van der Waals surface area contributed by atoms with Crippen molar-refractivity contribution in [2.24, 2.45) is 17.3 Å². The molecule has 0 bridgehead atoms. The first-order valence-corrected chi connectivity index (χ1v) is 6.13. The monoisotopic (exact) mass is 182 g/mol. The Balaban J connectivity index is 2.45. The minimum atomic E-state index is 0.728. The minimum Gasteiger partial charge on any atom is -0.0649 e. The Morgan fingerprint density at radius 1 is 1.08 bits per heavy atom. The Bertz CT molecular complexity index is 132. The summed E-state index contributed by atoms with van der Waals surface area (Å²) in [5.41, 5.74) is 0.728. The molecule has 0 aromatic carbocycles. The topological polar surface area (TPSA) is 0 Å². The van der Waals surface area contributed by atoms with Gasteiger partial charge < -0.3 is 0 Å². The fourth-order valence-electron chi connectivity index (χ4n) is 2.88. The lowest BCUT2D eigenvalue weighted by Gasteiger charge is -2.40. The zero-order chi connectivity index (χ0) is 9.90. The van der Waals surface area contributed by atoms with E-state index in [4.69, 9.17) is 0 Å². The molecule has 1 saturated carbocycles. The van der Waals surface area contributed by atoms with E-state index in [-0.39, 0.29) is 0 Å². The van der Waals surface area contributed by atoms with Crippen molar-refractivity contribution < 1.29 is 0 Å². The predicted octanol–water partition coefficient (Wildman–Crippen LogP) is 4.64. The molecule has 1 rings (SSSR count). The highest BCUT2D eigenvalue weighted by Crippen LogP contribution is 2.45. The Hall–Kier alpha value is 0. The van der Waals surface area contributed by atoms with Crippen LogP contribution in [0.4, 0.5) is 0 Å². The van der Waals surface area contributed by atoms with E-state index >= 15 is 0 Å². The van der Waals surface area contributed by atoms with Crippen LogP contribution in [0.3, 0.4) is 0 Å². The molecule has 0 heteroatoms. The fraction of sp³-hybridized carbons (Fsp3) is 1.00. The van der Waals surface area contributed by atoms with Gasteiger partial charge in [0.15, 0.2) is 0 Å². The van der Waals surface area contributed by atoms with E-state index in [9.17, 15) is 0 Å². The van der Waals surface area contributed by atoms with E-state index in [2.05, 4.69) is 27.7 Å². The lowest BCUT2D eigenvalue weighted by atomic mass is 9.65. The van der Waals surface area contributed by atoms with E-state index in [0.717, 1.165) is 17.3 Å². The van der Waals surface area contributed by atoms with Gasteiger partial charge in [0.2, 0.25) is 0 Å². The van der Waals surface area contributed by atoms with E-state index in [0.29, 0.717) is 0 Å². The maximum Gasteiger partial charge on any atom is -0.0302 e. The zero-order valence-electron chi connectivity index (χ0n) is 9.90. The van der Waals surface area contributed by atoms with Crippen LogP contribution < -0.4 is 0 Å². The minimum absolute atomic E-state index is 0.728. The van der Waals surface area contributed by atoms with Crippen LogP contribution in [-0.4, -0.2) is 0 Å². The third-order valence-corrected chi connectivity index (χ3v) is 4.53. The second kappa shape index (κ2) is 4.48. The molecule has 0 aromatic heterocycles. The molecule has 13 heavy (non-hydrogen) atoms. The summed E-state index contributed by atoms with van der Waals surface area (Å²) in [6, 6.07) is 0. The summed E-state index contributed by atoms with van der Waals surface area (Å²) in [4.78, 5) is 0. The Labute approximate surface area is 84.1 Å². The SMILES string of the molecule is CCC1(CC)CCC(C(C)C)CC1. The first-order chi connectivity index (χ1) is 6.13. The summed E-state index contributed by atoms with van der Waals surface area (Å²) >= 11 is 0. The molecule has 1 aliphatic rings. The Kier molecular flexibility index (Phi) is 3.82. The molecule has 0 aromatic rings. The van der Waals surface area contributed by atoms with E-state index in [1.54, 1.807) is 0 Å². The van der Waals surface area contributed by atoms with Crippen molar-refractivity contribution in [3.05, 3.63) is 0 Å². The second-order valence-electron chi connectivity index (χ2n) is 5.29. The molecule has 0 amide bonds. The van der Waals surface area contributed by atoms with Crippen LogP contribution in [0.2, 0.25) is 0 Å². The average Bonchev–Trinajstić information content (AvgIpc) is 2.18. The van der Waals surface area contributed by atoms with Gasteiger partial charge in [-0.25, -0.2) is 0 Å². The highest BCUT2D eigenvalue weighted by molar-refractivity contribution is 4.84. The molecule has 0 nitrogen and oxygen atoms in total. The van der Waals surface area contributed by atoms with Gasteiger partial charge in [-0.15, -0.1) is 0 Å². The van der Waals surface area contributed by atoms with Crippen molar-refractivity contribution in [2.45, 2.75) is 66.2 Å². The van der Waals surface area contributed by atoms with Crippen LogP contribution in [-0.2, 0) is 0 Å². The second-order valence-corrected chi connectivity index (χ2v) is 5.29. The molecule has 78 valence electrons. The molecule has 0 N–H and O–H groups in total. The fourth-order valence-corrected chi connectivity index (χ4v) is 2.88. The van der Waals surface area contributed by atoms with Crippen LogP contribution in [0.5, 0.6) is 0 Å². The van der Waals surface area contributed by atoms with Gasteiger partial charge in [0, 0.05) is 0 Å². The van der Waals surface area contributed by atoms with Crippen molar-refractivity contribution >= 4 is 0 Å². The van der Waals surface area contributed by atoms with Crippen LogP contribution in [0.15, 0.2) is 0 Å². The Morgan fingerprint density at radius 3 is 1.85 bits per heavy atom. The smallest absolute Gasteiger partial charge is 0.0302 e. The number of hydrogen-bond donors (Lipinski definition) is 0. The highest BCUT2D eigenvalue weighted by atomic mass is 14.4. The summed E-state index contributed by atoms with van der Waals surface area (Å²) in [5.74, 6) is 1.93. The van der Waals surface area contributed by atoms with Crippen molar-refractivity contribution in [1.82, 2.24) is 0 Å². The third kappa shape index (κ3) is 2.48. The summed E-state index contributed by atoms with van der Waals surface area (Å²) in [6.07, 6.45) is 8.74. The molecule has 1 fully saturated rings. The largest absolute Gasteiger partial charge is 0.0649 e. The molecule has 0 atom stereocenters. The predicted molar refractivity (Wildman–Crippen MR) is 59.8 cm³/mol. The van der Waals surface area contributed by atoms with Gasteiger partial charge in [0.25, 0.3) is 0 Å². The van der Waals surface area contributed by atoms with E-state index in [1.807, 2.05) is 0 Å². The van der Waals surface area contributed by atoms with E-state index in [1.165, 1.54) is 38.5 Å². The van der Waals surface area contributed by atoms with Gasteiger partial charge >= 0.3 is 0 Å². The molecule has 1 aliphatic carbocycles. The summed E-state index contributed by atoms with van der Waals surface area (Å²) in [6.45, 7) is 9.52. The van der Waals surface area contributed by atoms with Crippen molar-refractivity contribution in [3.63, 3.8) is 0 Å². The quantitative estimate of drug-likeness (QED) is 0.596. The molecule has 0 radical (unpaired) electrons. The van der Waals surface area contributed by atoms with Crippen molar-refractivity contribution in [2.75, 3.05) is 0 Å². The summed E-state index contributed by atoms with van der Waals surface area (Å²) in [5, 5.41) is 0. The highest BCUT2D eigenvalue weighted by Gasteiger charge is 2.32. The van der Waals surface area contributed by atoms with E-state index < -0.39 is 0 Å². The third-order valence-electron chi connectivity index (χ3n) is 4.53. The molecule has 0 spiro atoms. The van der Waals surface area contributed by atoms with Crippen molar-refractivity contribution in [1.29, 1.82) is 0 Å². The normalized spacial score (nSPS) is 23.8. The lowest BCUT2D eigenvalue weighted by Crippen LogP contribution is -2.28. The molecule has 0 unspecified atom stereocenters. The van der Waals surface area contributed by atoms with Gasteiger partial charge in [-0.3, -0.25) is 0 Å². The summed E-state index contributed by atoms with van der Waals surface area (Å²) in [7, 11) is 0. The number of hydrogen-bond acceptors (Lipinski definition) is 0. The molecule has 0 heterocycles. The van der Waals surface area contributed by atoms with Gasteiger partial charge in [0.1, 0.15) is 0 Å². The molecular formula is C13H26. The average molecular weight is 182 g/mol. The van der Waals surface area contributed by atoms with Crippen LogP contribution in [0.25, 0.3) is 0 Å². The van der Waals surface area contributed by atoms with Gasteiger partial charge in [-0.05, 0) is 42.9 Å². The van der Waals surface area contributed by atoms with Gasteiger partial charge in [-0.2, -0.15) is 0 Å². The zero-order valence-corrected chi connectivity index (χ0v) is 9.90. The maximum atomic E-state index is 2.38. The maximum absolute atomic E-state index is 2.38. The number of rotatable bonds is 3. The molecule has 0 saturated heterocycles. The first-order valence-electron chi connectivity index (χ1n) is 6.13. The lowest BCUT2D eigenvalue weighted by molar-refractivity contribution is 0.116. The van der Waals surface area contributed by atoms with Crippen LogP contribution in [0, 0.1) is 17.3 Å². The van der Waals surface area contributed by atoms with Crippen LogP contribution in [0.1, 0.15) is 66.2 Å². The summed E-state index contributed by atoms with van der Waals surface area (Å²) < 4.78 is 0.